The number of carbonyl (C=O) groups excluding carboxylic acids is 1. The topological polar surface area (TPSA) is 134 Å². The van der Waals surface area contributed by atoms with E-state index >= 15 is 0 Å². The lowest BCUT2D eigenvalue weighted by Gasteiger charge is -2.19. The van der Waals surface area contributed by atoms with Gasteiger partial charge in [0.25, 0.3) is 0 Å². The number of nitro groups is 2. The lowest BCUT2D eigenvalue weighted by molar-refractivity contribution is -0.394. The van der Waals surface area contributed by atoms with Gasteiger partial charge in [0.15, 0.2) is 11.4 Å². The van der Waals surface area contributed by atoms with E-state index in [0.29, 0.717) is 12.8 Å². The van der Waals surface area contributed by atoms with Crippen LogP contribution < -0.4 is 14.8 Å². The summed E-state index contributed by atoms with van der Waals surface area (Å²) >= 11 is 0. The molecule has 0 saturated carbocycles. The minimum absolute atomic E-state index is 0.184. The molecular formula is C12H13N3O7. The first-order valence-electron chi connectivity index (χ1n) is 6.44. The van der Waals surface area contributed by atoms with Gasteiger partial charge in [-0.15, -0.1) is 0 Å². The van der Waals surface area contributed by atoms with Crippen LogP contribution in [-0.2, 0) is 4.79 Å². The summed E-state index contributed by atoms with van der Waals surface area (Å²) < 4.78 is 10.7. The van der Waals surface area contributed by atoms with Gasteiger partial charge in [0.05, 0.1) is 23.1 Å². The predicted octanol–water partition coefficient (Wildman–Crippen LogP) is 2.01. The molecular weight excluding hydrogens is 298 g/mol. The molecule has 118 valence electrons. The third-order valence-corrected chi connectivity index (χ3v) is 2.92. The fourth-order valence-electron chi connectivity index (χ4n) is 2.02. The molecule has 0 aromatic heterocycles. The molecule has 0 spiro atoms. The summed E-state index contributed by atoms with van der Waals surface area (Å²) in [5.74, 6) is -0.959. The number of carbonyl (C=O) groups is 1. The zero-order valence-corrected chi connectivity index (χ0v) is 11.7. The van der Waals surface area contributed by atoms with Crippen LogP contribution in [0.1, 0.15) is 19.8 Å². The van der Waals surface area contributed by atoms with Gasteiger partial charge in [0.1, 0.15) is 6.07 Å². The number of amides is 1. The Morgan fingerprint density at radius 2 is 1.64 bits per heavy atom. The van der Waals surface area contributed by atoms with E-state index in [0.717, 1.165) is 6.07 Å². The fraction of sp³-hybridized carbons (Fsp3) is 0.417. The Morgan fingerprint density at radius 1 is 1.09 bits per heavy atom. The second-order valence-electron chi connectivity index (χ2n) is 4.55. The second-order valence-corrected chi connectivity index (χ2v) is 4.55. The molecule has 1 amide bonds. The summed E-state index contributed by atoms with van der Waals surface area (Å²) in [7, 11) is 0. The zero-order valence-electron chi connectivity index (χ0n) is 11.7. The van der Waals surface area contributed by atoms with Gasteiger partial charge in [-0.25, -0.2) is 0 Å². The molecule has 0 radical (unpaired) electrons. The first-order valence-corrected chi connectivity index (χ1v) is 6.44. The monoisotopic (exact) mass is 311 g/mol. The van der Waals surface area contributed by atoms with Crippen molar-refractivity contribution in [3.63, 3.8) is 0 Å². The highest BCUT2D eigenvalue weighted by Crippen LogP contribution is 2.49. The Kier molecular flexibility index (Phi) is 4.39. The predicted molar refractivity (Wildman–Crippen MR) is 74.3 cm³/mol. The highest BCUT2D eigenvalue weighted by molar-refractivity contribution is 5.95. The molecule has 1 N–H and O–H groups in total. The summed E-state index contributed by atoms with van der Waals surface area (Å²) in [4.78, 5) is 32.0. The summed E-state index contributed by atoms with van der Waals surface area (Å²) in [6.45, 7) is 1.59. The maximum Gasteiger partial charge on any atom is 0.321 e. The number of ether oxygens (including phenoxy) is 2. The van der Waals surface area contributed by atoms with Crippen molar-refractivity contribution in [1.29, 1.82) is 0 Å². The Bertz CT molecular complexity index is 644. The van der Waals surface area contributed by atoms with Crippen LogP contribution in [0.3, 0.4) is 0 Å². The third-order valence-electron chi connectivity index (χ3n) is 2.92. The lowest BCUT2D eigenvalue weighted by atomic mass is 10.2. The number of fused-ring (bicyclic) bond motifs is 1. The molecule has 0 aliphatic carbocycles. The van der Waals surface area contributed by atoms with Crippen LogP contribution >= 0.6 is 0 Å². The van der Waals surface area contributed by atoms with Gasteiger partial charge >= 0.3 is 11.4 Å². The average molecular weight is 311 g/mol. The van der Waals surface area contributed by atoms with Crippen LogP contribution in [0.5, 0.6) is 11.5 Å². The quantitative estimate of drug-likeness (QED) is 0.666. The summed E-state index contributed by atoms with van der Waals surface area (Å²) in [5.41, 5.74) is -1.43. The number of benzene rings is 1. The van der Waals surface area contributed by atoms with Gasteiger partial charge in [0.2, 0.25) is 11.7 Å². The number of nitro benzene ring substituents is 2. The largest absolute Gasteiger partial charge is 0.487 e. The van der Waals surface area contributed by atoms with Gasteiger partial charge < -0.3 is 14.8 Å². The lowest BCUT2D eigenvalue weighted by Crippen LogP contribution is -2.15. The van der Waals surface area contributed by atoms with Gasteiger partial charge in [0, 0.05) is 6.92 Å². The Hall–Kier alpha value is -2.91. The molecule has 0 atom stereocenters. The standard InChI is InChI=1S/C12H13N3O7/c1-7(16)13-10-8(14(17)18)6-9(15(19)20)11-12(10)22-5-3-2-4-21-11/h6H,2-5H2,1H3,(H,13,16). The van der Waals surface area contributed by atoms with E-state index in [9.17, 15) is 25.0 Å². The van der Waals surface area contributed by atoms with Crippen molar-refractivity contribution in [2.75, 3.05) is 18.5 Å². The number of hydrogen-bond donors (Lipinski definition) is 1. The molecule has 10 nitrogen and oxygen atoms in total. The normalized spacial score (nSPS) is 13.7. The Labute approximate surface area is 124 Å². The third kappa shape index (κ3) is 3.05. The smallest absolute Gasteiger partial charge is 0.321 e. The Morgan fingerprint density at radius 3 is 2.14 bits per heavy atom. The number of nitrogens with zero attached hydrogens (tertiary/aromatic N) is 2. The molecule has 0 saturated heterocycles. The van der Waals surface area contributed by atoms with E-state index < -0.39 is 27.1 Å². The van der Waals surface area contributed by atoms with Crippen molar-refractivity contribution >= 4 is 23.0 Å². The molecule has 1 aliphatic rings. The van der Waals surface area contributed by atoms with Crippen molar-refractivity contribution in [1.82, 2.24) is 0 Å². The van der Waals surface area contributed by atoms with Crippen molar-refractivity contribution in [2.45, 2.75) is 19.8 Å². The first-order chi connectivity index (χ1) is 10.4. The number of anilines is 1. The highest BCUT2D eigenvalue weighted by atomic mass is 16.6. The van der Waals surface area contributed by atoms with Crippen molar-refractivity contribution < 1.29 is 24.1 Å². The van der Waals surface area contributed by atoms with Crippen LogP contribution in [-0.4, -0.2) is 29.0 Å². The number of rotatable bonds is 3. The summed E-state index contributed by atoms with van der Waals surface area (Å²) in [6.07, 6.45) is 1.25. The molecule has 1 aliphatic heterocycles. The average Bonchev–Trinajstić information content (AvgIpc) is 2.38. The minimum atomic E-state index is -0.819. The fourth-order valence-corrected chi connectivity index (χ4v) is 2.02. The van der Waals surface area contributed by atoms with Crippen LogP contribution in [0.25, 0.3) is 0 Å². The summed E-state index contributed by atoms with van der Waals surface area (Å²) in [5, 5.41) is 24.6. The number of hydrogen-bond acceptors (Lipinski definition) is 7. The maximum absolute atomic E-state index is 11.3. The van der Waals surface area contributed by atoms with E-state index in [1.807, 2.05) is 0 Å². The molecule has 0 fully saturated rings. The van der Waals surface area contributed by atoms with Gasteiger partial charge in [-0.2, -0.15) is 0 Å². The minimum Gasteiger partial charge on any atom is -0.487 e. The van der Waals surface area contributed by atoms with E-state index in [2.05, 4.69) is 5.32 Å². The van der Waals surface area contributed by atoms with Crippen molar-refractivity contribution in [3.05, 3.63) is 26.3 Å². The molecule has 0 bridgehead atoms. The van der Waals surface area contributed by atoms with Gasteiger partial charge in [-0.1, -0.05) is 0 Å². The second kappa shape index (κ2) is 6.24. The first kappa shape index (κ1) is 15.5. The van der Waals surface area contributed by atoms with Gasteiger partial charge in [-0.05, 0) is 12.8 Å². The molecule has 1 heterocycles. The highest BCUT2D eigenvalue weighted by Gasteiger charge is 2.33. The molecule has 1 aromatic rings. The van der Waals surface area contributed by atoms with Gasteiger partial charge in [-0.3, -0.25) is 25.0 Å². The molecule has 2 rings (SSSR count). The number of nitrogens with one attached hydrogen (secondary N) is 1. The Balaban J connectivity index is 2.73. The maximum atomic E-state index is 11.3. The van der Waals surface area contributed by atoms with Crippen LogP contribution in [0, 0.1) is 20.2 Å². The van der Waals surface area contributed by atoms with E-state index in [1.54, 1.807) is 0 Å². The van der Waals surface area contributed by atoms with E-state index in [1.165, 1.54) is 6.92 Å². The zero-order chi connectivity index (χ0) is 16.3. The van der Waals surface area contributed by atoms with Crippen molar-refractivity contribution in [2.24, 2.45) is 0 Å². The molecule has 22 heavy (non-hydrogen) atoms. The molecule has 0 unspecified atom stereocenters. The van der Waals surface area contributed by atoms with Crippen molar-refractivity contribution in [3.8, 4) is 11.5 Å². The van der Waals surface area contributed by atoms with E-state index in [4.69, 9.17) is 9.47 Å². The molecule has 1 aromatic carbocycles. The molecule has 10 heteroatoms. The van der Waals surface area contributed by atoms with E-state index in [-0.39, 0.29) is 30.4 Å². The van der Waals surface area contributed by atoms with Crippen LogP contribution in [0.15, 0.2) is 6.07 Å². The van der Waals surface area contributed by atoms with Crippen LogP contribution in [0.2, 0.25) is 0 Å². The van der Waals surface area contributed by atoms with Crippen LogP contribution in [0.4, 0.5) is 17.1 Å². The summed E-state index contributed by atoms with van der Waals surface area (Å²) in [6, 6.07) is 0.759. The SMILES string of the molecule is CC(=O)Nc1c([N+](=O)[O-])cc([N+](=O)[O-])c2c1OCCCCO2.